The van der Waals surface area contributed by atoms with Crippen molar-refractivity contribution in [2.75, 3.05) is 6.61 Å². The van der Waals surface area contributed by atoms with Crippen molar-refractivity contribution in [3.63, 3.8) is 0 Å². The van der Waals surface area contributed by atoms with E-state index in [4.69, 9.17) is 4.74 Å². The lowest BCUT2D eigenvalue weighted by Gasteiger charge is -2.43. The van der Waals surface area contributed by atoms with Gasteiger partial charge in [0, 0.05) is 12.1 Å². The van der Waals surface area contributed by atoms with Crippen LogP contribution in [0.25, 0.3) is 0 Å². The van der Waals surface area contributed by atoms with Crippen molar-refractivity contribution in [2.45, 2.75) is 110 Å². The van der Waals surface area contributed by atoms with Gasteiger partial charge in [-0.15, -0.1) is 0 Å². The van der Waals surface area contributed by atoms with E-state index in [1.165, 1.54) is 0 Å². The summed E-state index contributed by atoms with van der Waals surface area (Å²) in [6, 6.07) is 3.47. The number of hydrogen-bond acceptors (Lipinski definition) is 5. The van der Waals surface area contributed by atoms with Gasteiger partial charge in [-0.3, -0.25) is 9.59 Å². The van der Waals surface area contributed by atoms with E-state index in [-0.39, 0.29) is 18.0 Å². The molecule has 3 N–H and O–H groups in total. The highest BCUT2D eigenvalue weighted by Gasteiger charge is 2.42. The molecule has 0 heterocycles. The minimum Gasteiger partial charge on any atom is -0.444 e. The van der Waals surface area contributed by atoms with Gasteiger partial charge in [-0.2, -0.15) is 0 Å². The predicted octanol–water partition coefficient (Wildman–Crippen LogP) is 3.92. The highest BCUT2D eigenvalue weighted by atomic mass is 16.6. The Bertz CT molecular complexity index is 891. The summed E-state index contributed by atoms with van der Waals surface area (Å²) in [6.07, 6.45) is 3.42. The van der Waals surface area contributed by atoms with Crippen LogP contribution in [0.2, 0.25) is 0 Å². The zero-order valence-corrected chi connectivity index (χ0v) is 22.3. The molecule has 1 fully saturated rings. The number of carbonyl (C=O) groups excluding carboxylic acids is 3. The average Bonchev–Trinajstić information content (AvgIpc) is 2.71. The molecule has 0 saturated heterocycles. The van der Waals surface area contributed by atoms with Crippen molar-refractivity contribution < 1.29 is 24.2 Å². The summed E-state index contributed by atoms with van der Waals surface area (Å²) in [4.78, 5) is 41.4. The Hall–Kier alpha value is -2.61. The Kier molecular flexibility index (Phi) is 10.1. The normalized spacial score (nSPS) is 16.5. The van der Waals surface area contributed by atoms with E-state index in [9.17, 15) is 19.5 Å². The fourth-order valence-electron chi connectivity index (χ4n) is 4.20. The first-order valence-electron chi connectivity index (χ1n) is 12.7. The number of aryl methyl sites for hydroxylation is 2. The maximum absolute atomic E-state index is 13.8. The maximum Gasteiger partial charge on any atom is 0.408 e. The summed E-state index contributed by atoms with van der Waals surface area (Å²) < 4.78 is 5.29. The molecule has 0 aromatic heterocycles. The first-order valence-corrected chi connectivity index (χ1v) is 12.7. The summed E-state index contributed by atoms with van der Waals surface area (Å²) in [6.45, 7) is 12.6. The minimum absolute atomic E-state index is 0.0478. The molecule has 1 saturated carbocycles. The van der Waals surface area contributed by atoms with Crippen LogP contribution in [-0.2, 0) is 14.3 Å². The van der Waals surface area contributed by atoms with Crippen molar-refractivity contribution in [2.24, 2.45) is 0 Å². The van der Waals surface area contributed by atoms with Crippen LogP contribution in [0.15, 0.2) is 18.2 Å². The second-order valence-electron chi connectivity index (χ2n) is 10.7. The topological polar surface area (TPSA) is 108 Å². The fourth-order valence-corrected chi connectivity index (χ4v) is 4.20. The van der Waals surface area contributed by atoms with E-state index < -0.39 is 36.3 Å². The first kappa shape index (κ1) is 28.6. The van der Waals surface area contributed by atoms with Crippen LogP contribution in [0.3, 0.4) is 0 Å². The third-order valence-corrected chi connectivity index (χ3v) is 6.38. The van der Waals surface area contributed by atoms with Gasteiger partial charge < -0.3 is 25.4 Å². The van der Waals surface area contributed by atoms with Crippen molar-refractivity contribution in [3.8, 4) is 0 Å². The largest absolute Gasteiger partial charge is 0.444 e. The predicted molar refractivity (Wildman–Crippen MR) is 136 cm³/mol. The van der Waals surface area contributed by atoms with E-state index in [0.717, 1.165) is 43.2 Å². The Morgan fingerprint density at radius 1 is 1.14 bits per heavy atom. The molecule has 0 radical (unpaired) electrons. The van der Waals surface area contributed by atoms with E-state index in [1.54, 1.807) is 25.7 Å². The maximum atomic E-state index is 13.8. The number of aliphatic hydroxyl groups is 1. The zero-order chi connectivity index (χ0) is 26.3. The molecule has 3 unspecified atom stereocenters. The third-order valence-electron chi connectivity index (χ3n) is 6.38. The molecule has 2 rings (SSSR count). The molecule has 196 valence electrons. The molecule has 3 atom stereocenters. The summed E-state index contributed by atoms with van der Waals surface area (Å²) >= 11 is 0. The summed E-state index contributed by atoms with van der Waals surface area (Å²) in [5.41, 5.74) is 2.07. The van der Waals surface area contributed by atoms with E-state index in [0.29, 0.717) is 5.56 Å². The number of benzene rings is 1. The molecule has 8 heteroatoms. The monoisotopic (exact) mass is 489 g/mol. The Labute approximate surface area is 209 Å². The lowest BCUT2D eigenvalue weighted by molar-refractivity contribution is -0.148. The summed E-state index contributed by atoms with van der Waals surface area (Å²) in [7, 11) is 0. The molecule has 1 aliphatic rings. The van der Waals surface area contributed by atoms with Gasteiger partial charge in [0.1, 0.15) is 17.7 Å². The molecule has 0 spiro atoms. The van der Waals surface area contributed by atoms with Gasteiger partial charge >= 0.3 is 6.09 Å². The average molecular weight is 490 g/mol. The number of rotatable bonds is 10. The lowest BCUT2D eigenvalue weighted by atomic mass is 9.87. The minimum atomic E-state index is -1.22. The fraction of sp³-hybridized carbons (Fsp3) is 0.667. The third kappa shape index (κ3) is 7.95. The Morgan fingerprint density at radius 2 is 1.80 bits per heavy atom. The van der Waals surface area contributed by atoms with Crippen LogP contribution < -0.4 is 10.6 Å². The number of amides is 3. The number of nitrogens with one attached hydrogen (secondary N) is 2. The highest BCUT2D eigenvalue weighted by molar-refractivity contribution is 5.92. The SMILES string of the molecule is CCCC(C)NC(=O)C(c1ccc(C)c(C)c1)N(C(=O)C(CO)NC(=O)OC(C)(C)C)C1CCC1. The molecular formula is C27H43N3O5. The summed E-state index contributed by atoms with van der Waals surface area (Å²) in [5, 5.41) is 15.6. The van der Waals surface area contributed by atoms with Crippen LogP contribution in [0.1, 0.15) is 89.5 Å². The van der Waals surface area contributed by atoms with Crippen LogP contribution in [0.5, 0.6) is 0 Å². The van der Waals surface area contributed by atoms with Gasteiger partial charge in [-0.25, -0.2) is 4.79 Å². The number of hydrogen-bond donors (Lipinski definition) is 3. The van der Waals surface area contributed by atoms with Crippen molar-refractivity contribution in [1.29, 1.82) is 0 Å². The van der Waals surface area contributed by atoms with Crippen molar-refractivity contribution >= 4 is 17.9 Å². The van der Waals surface area contributed by atoms with Crippen LogP contribution in [0, 0.1) is 13.8 Å². The molecule has 8 nitrogen and oxygen atoms in total. The molecule has 1 aromatic rings. The number of alkyl carbamates (subject to hydrolysis) is 1. The van der Waals surface area contributed by atoms with E-state index >= 15 is 0 Å². The molecule has 0 aliphatic heterocycles. The van der Waals surface area contributed by atoms with Gasteiger partial charge in [0.15, 0.2) is 0 Å². The number of ether oxygens (including phenoxy) is 1. The van der Waals surface area contributed by atoms with Crippen LogP contribution in [-0.4, -0.2) is 58.2 Å². The molecule has 3 amide bonds. The van der Waals surface area contributed by atoms with Gasteiger partial charge in [0.2, 0.25) is 11.8 Å². The molecule has 1 aliphatic carbocycles. The quantitative estimate of drug-likeness (QED) is 0.462. The van der Waals surface area contributed by atoms with Gasteiger partial charge in [0.05, 0.1) is 6.61 Å². The summed E-state index contributed by atoms with van der Waals surface area (Å²) in [5.74, 6) is -0.756. The van der Waals surface area contributed by atoms with Crippen LogP contribution >= 0.6 is 0 Å². The van der Waals surface area contributed by atoms with Gasteiger partial charge in [-0.1, -0.05) is 31.5 Å². The standard InChI is InChI=1S/C27H43N3O5/c1-8-10-19(4)28-24(32)23(20-14-13-17(2)18(3)15-20)30(21-11-9-12-21)25(33)22(16-31)29-26(34)35-27(5,6)7/h13-15,19,21-23,31H,8-12,16H2,1-7H3,(H,28,32)(H,29,34). The second-order valence-corrected chi connectivity index (χ2v) is 10.7. The Morgan fingerprint density at radius 3 is 2.29 bits per heavy atom. The first-order chi connectivity index (χ1) is 16.4. The Balaban J connectivity index is 2.45. The van der Waals surface area contributed by atoms with Crippen LogP contribution in [0.4, 0.5) is 4.79 Å². The van der Waals surface area contributed by atoms with E-state index in [2.05, 4.69) is 17.6 Å². The molecule has 35 heavy (non-hydrogen) atoms. The smallest absolute Gasteiger partial charge is 0.408 e. The van der Waals surface area contributed by atoms with Gasteiger partial charge in [-0.05, 0) is 83.9 Å². The van der Waals surface area contributed by atoms with E-state index in [1.807, 2.05) is 39.0 Å². The number of carbonyl (C=O) groups is 3. The lowest BCUT2D eigenvalue weighted by Crippen LogP contribution is -2.58. The van der Waals surface area contributed by atoms with Crippen molar-refractivity contribution in [1.82, 2.24) is 15.5 Å². The highest BCUT2D eigenvalue weighted by Crippen LogP contribution is 2.34. The number of nitrogens with zero attached hydrogens (tertiary/aromatic N) is 1. The zero-order valence-electron chi connectivity index (χ0n) is 22.3. The molecule has 0 bridgehead atoms. The second kappa shape index (κ2) is 12.4. The van der Waals surface area contributed by atoms with Crippen molar-refractivity contribution in [3.05, 3.63) is 34.9 Å². The molecule has 1 aromatic carbocycles. The van der Waals surface area contributed by atoms with Gasteiger partial charge in [0.25, 0.3) is 0 Å². The molecular weight excluding hydrogens is 446 g/mol. The number of aliphatic hydroxyl groups excluding tert-OH is 1.